The van der Waals surface area contributed by atoms with Gasteiger partial charge in [-0.25, -0.2) is 0 Å². The zero-order valence-corrected chi connectivity index (χ0v) is 25.8. The van der Waals surface area contributed by atoms with Gasteiger partial charge in [-0.3, -0.25) is 9.35 Å². The molecular formula is C22H38Na2O9S. The number of allylic oxidation sites excluding steroid dienone is 2. The molecule has 0 spiro atoms. The Balaban J connectivity index is -0.000000279. The van der Waals surface area contributed by atoms with Crippen LogP contribution >= 0.6 is 0 Å². The van der Waals surface area contributed by atoms with Gasteiger partial charge in [0.1, 0.15) is 5.25 Å². The van der Waals surface area contributed by atoms with Crippen LogP contribution in [0.15, 0.2) is 12.2 Å². The van der Waals surface area contributed by atoms with E-state index in [-0.39, 0.29) is 59.1 Å². The van der Waals surface area contributed by atoms with Crippen molar-refractivity contribution in [2.75, 3.05) is 0 Å². The summed E-state index contributed by atoms with van der Waals surface area (Å²) in [6, 6.07) is 0. The molecule has 188 valence electrons. The first-order valence-electron chi connectivity index (χ1n) is 11.3. The van der Waals surface area contributed by atoms with Crippen molar-refractivity contribution in [3.05, 3.63) is 12.2 Å². The number of unbranched alkanes of at least 4 members (excludes halogenated alkanes) is 11. The summed E-state index contributed by atoms with van der Waals surface area (Å²) < 4.78 is 28.5. The van der Waals surface area contributed by atoms with Gasteiger partial charge in [0.25, 0.3) is 10.1 Å². The fourth-order valence-electron chi connectivity index (χ4n) is 2.81. The SMILES string of the molecule is CCCCCCCC/C=C\CCCCCCCC(=O)O.O=C([O-])CC(C(=O)[O-])S(=O)(=O)O.[Na+].[Na+]. The molecular weight excluding hydrogens is 486 g/mol. The van der Waals surface area contributed by atoms with Crippen molar-refractivity contribution in [1.29, 1.82) is 0 Å². The van der Waals surface area contributed by atoms with Gasteiger partial charge in [-0.05, 0) is 32.1 Å². The number of aliphatic carboxylic acids is 3. The maximum absolute atomic E-state index is 10.3. The maximum atomic E-state index is 10.3. The summed E-state index contributed by atoms with van der Waals surface area (Å²) in [7, 11) is -4.94. The maximum Gasteiger partial charge on any atom is 1.00 e. The van der Waals surface area contributed by atoms with Crippen LogP contribution < -0.4 is 69.3 Å². The van der Waals surface area contributed by atoms with Crippen LogP contribution in [0.2, 0.25) is 0 Å². The van der Waals surface area contributed by atoms with Crippen LogP contribution in [0.3, 0.4) is 0 Å². The Labute approximate surface area is 248 Å². The van der Waals surface area contributed by atoms with E-state index in [0.717, 1.165) is 12.8 Å². The van der Waals surface area contributed by atoms with E-state index in [1.54, 1.807) is 0 Å². The largest absolute Gasteiger partial charge is 1.00 e. The summed E-state index contributed by atoms with van der Waals surface area (Å²) in [4.78, 5) is 30.0. The molecule has 0 rings (SSSR count). The van der Waals surface area contributed by atoms with Crippen LogP contribution in [-0.4, -0.2) is 41.2 Å². The topological polar surface area (TPSA) is 172 Å². The van der Waals surface area contributed by atoms with Crippen molar-refractivity contribution < 1.29 is 102 Å². The summed E-state index contributed by atoms with van der Waals surface area (Å²) in [6.07, 6.45) is 19.9. The van der Waals surface area contributed by atoms with E-state index in [2.05, 4.69) is 19.1 Å². The zero-order valence-electron chi connectivity index (χ0n) is 21.0. The average molecular weight is 525 g/mol. The molecule has 0 aliphatic heterocycles. The van der Waals surface area contributed by atoms with E-state index in [1.165, 1.54) is 70.6 Å². The molecule has 34 heavy (non-hydrogen) atoms. The predicted octanol–water partition coefficient (Wildman–Crippen LogP) is -3.75. The molecule has 2 N–H and O–H groups in total. The van der Waals surface area contributed by atoms with E-state index in [1.807, 2.05) is 0 Å². The number of hydrogen-bond donors (Lipinski definition) is 2. The van der Waals surface area contributed by atoms with Crippen molar-refractivity contribution in [3.8, 4) is 0 Å². The third-order valence-corrected chi connectivity index (χ3v) is 5.71. The van der Waals surface area contributed by atoms with E-state index in [0.29, 0.717) is 6.42 Å². The molecule has 0 aromatic rings. The van der Waals surface area contributed by atoms with Crippen LogP contribution in [-0.2, 0) is 24.5 Å². The quantitative estimate of drug-likeness (QED) is 0.0745. The molecule has 0 aromatic carbocycles. The van der Waals surface area contributed by atoms with Crippen molar-refractivity contribution in [2.24, 2.45) is 0 Å². The molecule has 0 heterocycles. The Morgan fingerprint density at radius 1 is 0.794 bits per heavy atom. The number of carbonyl (C=O) groups is 3. The van der Waals surface area contributed by atoms with Crippen molar-refractivity contribution in [2.45, 2.75) is 108 Å². The second-order valence-corrected chi connectivity index (χ2v) is 9.23. The second kappa shape index (κ2) is 27.6. The van der Waals surface area contributed by atoms with Crippen molar-refractivity contribution in [1.82, 2.24) is 0 Å². The number of carboxylic acid groups (broad SMARTS) is 3. The van der Waals surface area contributed by atoms with E-state index < -0.39 is 39.7 Å². The minimum atomic E-state index is -4.94. The third kappa shape index (κ3) is 32.1. The predicted molar refractivity (Wildman–Crippen MR) is 117 cm³/mol. The molecule has 0 saturated heterocycles. The second-order valence-electron chi connectivity index (χ2n) is 7.63. The van der Waals surface area contributed by atoms with Gasteiger partial charge in [-0.2, -0.15) is 8.42 Å². The Morgan fingerprint density at radius 2 is 1.21 bits per heavy atom. The van der Waals surface area contributed by atoms with Crippen LogP contribution in [0, 0.1) is 0 Å². The minimum absolute atomic E-state index is 0. The number of hydrogen-bond acceptors (Lipinski definition) is 7. The molecule has 0 bridgehead atoms. The Morgan fingerprint density at radius 3 is 1.53 bits per heavy atom. The normalized spacial score (nSPS) is 11.5. The summed E-state index contributed by atoms with van der Waals surface area (Å²) in [5.41, 5.74) is 0. The average Bonchev–Trinajstić information content (AvgIpc) is 2.68. The first-order valence-corrected chi connectivity index (χ1v) is 12.8. The standard InChI is InChI=1S/C18H34O2.C4H6O7S.2Na/c1-2-3-4-5-6-7-8-9-10-11-12-13-14-15-16-17-18(19)20;5-3(6)1-2(4(7)8)12(9,10)11;;/h9-10H,2-8,11-17H2,1H3,(H,19,20);2H,1H2,(H,5,6)(H,7,8)(H,9,10,11);;/q;;2*+1/p-2/b10-9-;;;. The molecule has 0 aliphatic carbocycles. The zero-order chi connectivity index (χ0) is 24.8. The van der Waals surface area contributed by atoms with Gasteiger partial charge < -0.3 is 24.9 Å². The summed E-state index contributed by atoms with van der Waals surface area (Å²) in [5.74, 6) is -4.74. The molecule has 0 fully saturated rings. The van der Waals surface area contributed by atoms with Gasteiger partial charge in [0, 0.05) is 18.8 Å². The number of rotatable bonds is 19. The van der Waals surface area contributed by atoms with Crippen molar-refractivity contribution >= 4 is 28.0 Å². The fraction of sp³-hybridized carbons (Fsp3) is 0.773. The third-order valence-electron chi connectivity index (χ3n) is 4.63. The molecule has 9 nitrogen and oxygen atoms in total. The molecule has 1 atom stereocenters. The Hall–Kier alpha value is 0.0600. The minimum Gasteiger partial charge on any atom is -0.550 e. The van der Waals surface area contributed by atoms with Crippen molar-refractivity contribution in [3.63, 3.8) is 0 Å². The van der Waals surface area contributed by atoms with Gasteiger partial charge >= 0.3 is 65.1 Å². The van der Waals surface area contributed by atoms with E-state index >= 15 is 0 Å². The van der Waals surface area contributed by atoms with Crippen LogP contribution in [0.1, 0.15) is 103 Å². The van der Waals surface area contributed by atoms with E-state index in [9.17, 15) is 33.0 Å². The number of carbonyl (C=O) groups excluding carboxylic acids is 2. The fourth-order valence-corrected chi connectivity index (χ4v) is 3.40. The number of carboxylic acids is 3. The molecule has 0 amide bonds. The molecule has 0 aromatic heterocycles. The summed E-state index contributed by atoms with van der Waals surface area (Å²) in [6.45, 7) is 2.26. The van der Waals surface area contributed by atoms with E-state index in [4.69, 9.17) is 9.66 Å². The van der Waals surface area contributed by atoms with Gasteiger partial charge in [0.05, 0.1) is 5.97 Å². The van der Waals surface area contributed by atoms with Crippen LogP contribution in [0.5, 0.6) is 0 Å². The Bertz CT molecular complexity index is 653. The Kier molecular flexibility index (Phi) is 33.5. The first-order chi connectivity index (χ1) is 15.0. The van der Waals surface area contributed by atoms with Gasteiger partial charge in [-0.15, -0.1) is 0 Å². The van der Waals surface area contributed by atoms with Gasteiger partial charge in [0.15, 0.2) is 0 Å². The van der Waals surface area contributed by atoms with Gasteiger partial charge in [0.2, 0.25) is 0 Å². The van der Waals surface area contributed by atoms with Crippen LogP contribution in [0.25, 0.3) is 0 Å². The molecule has 0 aliphatic rings. The summed E-state index contributed by atoms with van der Waals surface area (Å²) in [5, 5.41) is 25.8. The molecule has 12 heteroatoms. The monoisotopic (exact) mass is 524 g/mol. The first kappa shape index (κ1) is 41.2. The molecule has 1 unspecified atom stereocenters. The molecule has 0 saturated carbocycles. The molecule has 0 radical (unpaired) electrons. The smallest absolute Gasteiger partial charge is 0.550 e. The van der Waals surface area contributed by atoms with Gasteiger partial charge in [-0.1, -0.05) is 70.4 Å². The van der Waals surface area contributed by atoms with Crippen LogP contribution in [0.4, 0.5) is 0 Å². The summed E-state index contributed by atoms with van der Waals surface area (Å²) >= 11 is 0.